The Morgan fingerprint density at radius 3 is 1.38 bits per heavy atom. The SMILES string of the molecule is O=C1C=C/C(=N\N=c2/[n-]cc([N+](=O)[O-])s2)C(O)=C1.O=C1C=C/C(=N\N=c2/[n-]cc([N+](=O)[O-])s2)C(O)=C1.[Co]. The molecule has 0 spiro atoms. The molecular formula is C18H10CoN8O8S2-2. The number of hydrogen-bond acceptors (Lipinski definition) is 14. The number of carbonyl (C=O) groups excluding carboxylic acids is 2. The van der Waals surface area contributed by atoms with Crippen LogP contribution in [0.15, 0.2) is 80.8 Å². The predicted molar refractivity (Wildman–Crippen MR) is 124 cm³/mol. The maximum atomic E-state index is 10.9. The standard InChI is InChI=1S/2C9H6N4O4S.Co/c2*14-5-1-2-6(7(15)3-5)11-12-9-10-4-8(18-9)13(16)17;/h2*1-4H,(H2,10,12,14,15);/p-2. The van der Waals surface area contributed by atoms with E-state index >= 15 is 0 Å². The van der Waals surface area contributed by atoms with Crippen LogP contribution in [0.2, 0.25) is 0 Å². The molecule has 0 saturated carbocycles. The molecule has 1 radical (unpaired) electrons. The molecule has 0 aliphatic heterocycles. The minimum atomic E-state index is -0.583. The fourth-order valence-electron chi connectivity index (χ4n) is 2.14. The Hall–Kier alpha value is -4.59. The van der Waals surface area contributed by atoms with Crippen molar-refractivity contribution in [2.24, 2.45) is 20.4 Å². The molecule has 37 heavy (non-hydrogen) atoms. The van der Waals surface area contributed by atoms with Crippen LogP contribution >= 0.6 is 22.7 Å². The largest absolute Gasteiger partial charge is 0.506 e. The molecule has 2 aliphatic carbocycles. The minimum Gasteiger partial charge on any atom is -0.506 e. The summed E-state index contributed by atoms with van der Waals surface area (Å²) < 4.78 is 0. The number of allylic oxidation sites excluding steroid dienone is 6. The molecule has 2 aromatic rings. The Morgan fingerprint density at radius 2 is 1.08 bits per heavy atom. The molecule has 0 unspecified atom stereocenters. The molecule has 0 aromatic carbocycles. The number of ketones is 2. The summed E-state index contributed by atoms with van der Waals surface area (Å²) >= 11 is 1.51. The molecule has 0 bridgehead atoms. The summed E-state index contributed by atoms with van der Waals surface area (Å²) in [4.78, 5) is 48.9. The zero-order valence-corrected chi connectivity index (χ0v) is 20.4. The van der Waals surface area contributed by atoms with E-state index in [1.807, 2.05) is 0 Å². The van der Waals surface area contributed by atoms with Crippen molar-refractivity contribution < 1.29 is 46.4 Å². The molecule has 0 saturated heterocycles. The van der Waals surface area contributed by atoms with Gasteiger partial charge in [0.25, 0.3) is 0 Å². The van der Waals surface area contributed by atoms with Crippen molar-refractivity contribution in [3.8, 4) is 0 Å². The monoisotopic (exact) mass is 589 g/mol. The van der Waals surface area contributed by atoms with E-state index in [1.165, 1.54) is 24.3 Å². The first-order valence-corrected chi connectivity index (χ1v) is 10.8. The molecule has 0 fully saturated rings. The number of carbonyl (C=O) groups is 2. The maximum absolute atomic E-state index is 10.9. The van der Waals surface area contributed by atoms with Crippen molar-refractivity contribution in [3.63, 3.8) is 0 Å². The summed E-state index contributed by atoms with van der Waals surface area (Å²) in [6.45, 7) is 0. The normalized spacial score (nSPS) is 17.7. The Labute approximate surface area is 222 Å². The minimum absolute atomic E-state index is 0. The van der Waals surface area contributed by atoms with Crippen molar-refractivity contribution >= 4 is 55.7 Å². The van der Waals surface area contributed by atoms with E-state index in [0.29, 0.717) is 0 Å². The van der Waals surface area contributed by atoms with Crippen LogP contribution in [0, 0.1) is 20.2 Å². The Bertz CT molecular complexity index is 1450. The van der Waals surface area contributed by atoms with E-state index in [2.05, 4.69) is 30.4 Å². The van der Waals surface area contributed by atoms with Crippen LogP contribution in [-0.2, 0) is 26.4 Å². The molecule has 4 rings (SSSR count). The second kappa shape index (κ2) is 12.9. The molecular weight excluding hydrogens is 579 g/mol. The fourth-order valence-corrected chi connectivity index (χ4v) is 3.25. The number of nitrogens with zero attached hydrogens (tertiary/aromatic N) is 8. The van der Waals surface area contributed by atoms with E-state index in [-0.39, 0.29) is 70.9 Å². The molecule has 2 aromatic heterocycles. The van der Waals surface area contributed by atoms with Gasteiger partial charge in [-0.05, 0) is 24.3 Å². The van der Waals surface area contributed by atoms with Crippen molar-refractivity contribution in [1.82, 2.24) is 9.97 Å². The molecule has 19 heteroatoms. The first kappa shape index (κ1) is 28.6. The molecule has 16 nitrogen and oxygen atoms in total. The number of thiazole rings is 2. The third-order valence-electron chi connectivity index (χ3n) is 3.70. The molecule has 0 amide bonds. The van der Waals surface area contributed by atoms with E-state index in [1.54, 1.807) is 0 Å². The van der Waals surface area contributed by atoms with Gasteiger partial charge in [0.15, 0.2) is 11.6 Å². The summed E-state index contributed by atoms with van der Waals surface area (Å²) in [6, 6.07) is 0. The zero-order valence-electron chi connectivity index (χ0n) is 17.7. The number of aliphatic hydroxyl groups excluding tert-OH is 2. The summed E-state index contributed by atoms with van der Waals surface area (Å²) in [5.74, 6) is -1.32. The third kappa shape index (κ3) is 8.24. The van der Waals surface area contributed by atoms with E-state index in [0.717, 1.165) is 47.2 Å². The second-order valence-corrected chi connectivity index (χ2v) is 8.15. The number of nitro groups is 2. The fraction of sp³-hybridized carbons (Fsp3) is 0. The average molecular weight is 589 g/mol. The van der Waals surface area contributed by atoms with Crippen LogP contribution in [0.5, 0.6) is 0 Å². The van der Waals surface area contributed by atoms with Gasteiger partial charge < -0.3 is 30.4 Å². The van der Waals surface area contributed by atoms with Crippen LogP contribution in [-0.4, -0.2) is 43.0 Å². The molecule has 193 valence electrons. The molecule has 2 aliphatic rings. The van der Waals surface area contributed by atoms with Crippen LogP contribution in [0.4, 0.5) is 10.0 Å². The quantitative estimate of drug-likeness (QED) is 0.290. The molecule has 2 heterocycles. The maximum Gasteiger partial charge on any atom is 0.319 e. The van der Waals surface area contributed by atoms with Gasteiger partial charge in [0.2, 0.25) is 0 Å². The third-order valence-corrected chi connectivity index (χ3v) is 5.37. The van der Waals surface area contributed by atoms with Crippen molar-refractivity contribution in [1.29, 1.82) is 0 Å². The Morgan fingerprint density at radius 1 is 0.703 bits per heavy atom. The van der Waals surface area contributed by atoms with Gasteiger partial charge in [-0.25, -0.2) is 0 Å². The van der Waals surface area contributed by atoms with Gasteiger partial charge in [-0.2, -0.15) is 0 Å². The summed E-state index contributed by atoms with van der Waals surface area (Å²) in [7, 11) is 0. The van der Waals surface area contributed by atoms with Crippen LogP contribution in [0.1, 0.15) is 0 Å². The van der Waals surface area contributed by atoms with Gasteiger partial charge in [-0.3, -0.25) is 40.0 Å². The van der Waals surface area contributed by atoms with Crippen LogP contribution in [0.25, 0.3) is 0 Å². The molecule has 0 atom stereocenters. The zero-order chi connectivity index (χ0) is 26.2. The van der Waals surface area contributed by atoms with Gasteiger partial charge >= 0.3 is 10.0 Å². The Balaban J connectivity index is 0.000000253. The van der Waals surface area contributed by atoms with Gasteiger partial charge in [-0.1, -0.05) is 22.7 Å². The van der Waals surface area contributed by atoms with Gasteiger partial charge in [0.1, 0.15) is 22.9 Å². The van der Waals surface area contributed by atoms with E-state index < -0.39 is 9.85 Å². The van der Waals surface area contributed by atoms with E-state index in [9.17, 15) is 40.0 Å². The summed E-state index contributed by atoms with van der Waals surface area (Å²) in [5.41, 5.74) is 0.180. The van der Waals surface area contributed by atoms with Gasteiger partial charge in [0, 0.05) is 50.9 Å². The number of aliphatic hydroxyl groups is 2. The Kier molecular flexibility index (Phi) is 10.0. The first-order valence-electron chi connectivity index (χ1n) is 9.16. The number of rotatable bonds is 4. The number of hydrogen-bond donors (Lipinski definition) is 2. The smallest absolute Gasteiger partial charge is 0.319 e. The van der Waals surface area contributed by atoms with E-state index in [4.69, 9.17) is 0 Å². The summed E-state index contributed by atoms with van der Waals surface area (Å²) in [6.07, 6.45) is 9.17. The van der Waals surface area contributed by atoms with Crippen molar-refractivity contribution in [3.05, 3.63) is 90.2 Å². The van der Waals surface area contributed by atoms with Gasteiger partial charge in [-0.15, -0.1) is 0 Å². The second-order valence-electron chi connectivity index (χ2n) is 6.18. The number of aromatic nitrogens is 2. The summed E-state index contributed by atoms with van der Waals surface area (Å²) in [5, 5.41) is 53.9. The first-order chi connectivity index (χ1) is 17.1. The van der Waals surface area contributed by atoms with Crippen LogP contribution in [0.3, 0.4) is 0 Å². The predicted octanol–water partition coefficient (Wildman–Crippen LogP) is 0.900. The van der Waals surface area contributed by atoms with Crippen molar-refractivity contribution in [2.45, 2.75) is 0 Å². The van der Waals surface area contributed by atoms with Crippen molar-refractivity contribution in [2.75, 3.05) is 0 Å². The van der Waals surface area contributed by atoms with Crippen LogP contribution < -0.4 is 19.6 Å². The average Bonchev–Trinajstić information content (AvgIpc) is 3.49. The topological polar surface area (TPSA) is 239 Å². The molecule has 2 N–H and O–H groups in total. The van der Waals surface area contributed by atoms with Gasteiger partial charge in [0.05, 0.1) is 9.85 Å².